The van der Waals surface area contributed by atoms with Crippen LogP contribution in [0.3, 0.4) is 0 Å². The molecule has 1 N–H and O–H groups in total. The molecule has 0 radical (unpaired) electrons. The zero-order chi connectivity index (χ0) is 14.4. The molecule has 4 nitrogen and oxygen atoms in total. The molecule has 20 heavy (non-hydrogen) atoms. The van der Waals surface area contributed by atoms with E-state index in [1.54, 1.807) is 18.3 Å². The molecule has 1 atom stereocenters. The molecule has 0 aliphatic rings. The summed E-state index contributed by atoms with van der Waals surface area (Å²) in [5.41, 5.74) is 1.76. The monoisotopic (exact) mass is 270 g/mol. The van der Waals surface area contributed by atoms with Gasteiger partial charge in [0.2, 0.25) is 0 Å². The number of anilines is 1. The van der Waals surface area contributed by atoms with Gasteiger partial charge in [0, 0.05) is 12.2 Å². The highest BCUT2D eigenvalue weighted by Gasteiger charge is 2.08. The maximum atomic E-state index is 11.5. The molecule has 0 saturated carbocycles. The summed E-state index contributed by atoms with van der Waals surface area (Å²) in [6.07, 6.45) is 2.49. The summed E-state index contributed by atoms with van der Waals surface area (Å²) in [7, 11) is 1.37. The van der Waals surface area contributed by atoms with E-state index in [0.717, 1.165) is 6.42 Å². The zero-order valence-corrected chi connectivity index (χ0v) is 11.7. The van der Waals surface area contributed by atoms with Gasteiger partial charge in [-0.2, -0.15) is 0 Å². The molecule has 2 rings (SSSR count). The molecule has 2 aromatic rings. The van der Waals surface area contributed by atoms with Crippen LogP contribution in [0.15, 0.2) is 48.7 Å². The Morgan fingerprint density at radius 2 is 2.05 bits per heavy atom. The number of pyridine rings is 1. The molecule has 0 aliphatic carbocycles. The number of carbonyl (C=O) groups is 1. The fraction of sp³-hybridized carbons (Fsp3) is 0.250. The Kier molecular flexibility index (Phi) is 4.71. The molecule has 1 aromatic heterocycles. The van der Waals surface area contributed by atoms with E-state index in [0.29, 0.717) is 11.4 Å². The molecule has 1 heterocycles. The maximum absolute atomic E-state index is 11.5. The van der Waals surface area contributed by atoms with E-state index in [1.165, 1.54) is 12.7 Å². The lowest BCUT2D eigenvalue weighted by Crippen LogP contribution is -2.19. The van der Waals surface area contributed by atoms with Crippen LogP contribution in [0.25, 0.3) is 0 Å². The van der Waals surface area contributed by atoms with Gasteiger partial charge < -0.3 is 10.1 Å². The number of hydrogen-bond acceptors (Lipinski definition) is 4. The van der Waals surface area contributed by atoms with Crippen LogP contribution in [0, 0.1) is 0 Å². The lowest BCUT2D eigenvalue weighted by atomic mass is 10.1. The standard InChI is InChI=1S/C16H18N2O2/c1-12(10-13-6-4-3-5-7-13)18-15-11-14(8-9-17-15)16(19)20-2/h3-9,11-12H,10H2,1-2H3,(H,17,18). The Bertz CT molecular complexity index is 570. The topological polar surface area (TPSA) is 51.2 Å². The summed E-state index contributed by atoms with van der Waals surface area (Å²) in [5.74, 6) is 0.322. The Labute approximate surface area is 118 Å². The van der Waals surface area contributed by atoms with E-state index in [4.69, 9.17) is 4.74 Å². The first kappa shape index (κ1) is 14.1. The van der Waals surface area contributed by atoms with Gasteiger partial charge >= 0.3 is 5.97 Å². The summed E-state index contributed by atoms with van der Waals surface area (Å²) in [6, 6.07) is 13.8. The van der Waals surface area contributed by atoms with Gasteiger partial charge in [-0.25, -0.2) is 9.78 Å². The number of nitrogens with one attached hydrogen (secondary N) is 1. The summed E-state index contributed by atoms with van der Waals surface area (Å²) < 4.78 is 4.70. The molecule has 0 bridgehead atoms. The second-order valence-electron chi connectivity index (χ2n) is 4.66. The van der Waals surface area contributed by atoms with Gasteiger partial charge in [0.05, 0.1) is 12.7 Å². The molecule has 0 aliphatic heterocycles. The fourth-order valence-electron chi connectivity index (χ4n) is 2.03. The Hall–Kier alpha value is -2.36. The number of methoxy groups -OCH3 is 1. The lowest BCUT2D eigenvalue weighted by molar-refractivity contribution is 0.0600. The van der Waals surface area contributed by atoms with Crippen molar-refractivity contribution in [2.45, 2.75) is 19.4 Å². The second-order valence-corrected chi connectivity index (χ2v) is 4.66. The number of benzene rings is 1. The minimum absolute atomic E-state index is 0.220. The van der Waals surface area contributed by atoms with E-state index in [9.17, 15) is 4.79 Å². The molecule has 0 amide bonds. The lowest BCUT2D eigenvalue weighted by Gasteiger charge is -2.15. The van der Waals surface area contributed by atoms with Crippen molar-refractivity contribution in [3.63, 3.8) is 0 Å². The number of aromatic nitrogens is 1. The predicted octanol–water partition coefficient (Wildman–Crippen LogP) is 2.91. The summed E-state index contributed by atoms with van der Waals surface area (Å²) in [6.45, 7) is 2.08. The third-order valence-corrected chi connectivity index (χ3v) is 2.96. The van der Waals surface area contributed by atoms with Crippen molar-refractivity contribution in [3.05, 3.63) is 59.8 Å². The molecule has 1 unspecified atom stereocenters. The quantitative estimate of drug-likeness (QED) is 0.849. The average Bonchev–Trinajstić information content (AvgIpc) is 2.47. The van der Waals surface area contributed by atoms with Crippen molar-refractivity contribution in [2.75, 3.05) is 12.4 Å². The van der Waals surface area contributed by atoms with Crippen molar-refractivity contribution in [1.82, 2.24) is 4.98 Å². The fourth-order valence-corrected chi connectivity index (χ4v) is 2.03. The third-order valence-electron chi connectivity index (χ3n) is 2.96. The predicted molar refractivity (Wildman–Crippen MR) is 78.8 cm³/mol. The number of esters is 1. The first-order valence-electron chi connectivity index (χ1n) is 6.54. The smallest absolute Gasteiger partial charge is 0.338 e. The van der Waals surface area contributed by atoms with Crippen LogP contribution in [0.5, 0.6) is 0 Å². The molecular formula is C16H18N2O2. The second kappa shape index (κ2) is 6.70. The number of hydrogen-bond donors (Lipinski definition) is 1. The number of ether oxygens (including phenoxy) is 1. The minimum atomic E-state index is -0.355. The van der Waals surface area contributed by atoms with E-state index in [1.807, 2.05) is 18.2 Å². The normalized spacial score (nSPS) is 11.7. The van der Waals surface area contributed by atoms with Crippen LogP contribution in [0.4, 0.5) is 5.82 Å². The van der Waals surface area contributed by atoms with Crippen LogP contribution in [-0.4, -0.2) is 24.1 Å². The minimum Gasteiger partial charge on any atom is -0.465 e. The Morgan fingerprint density at radius 1 is 1.30 bits per heavy atom. The van der Waals surface area contributed by atoms with Gasteiger partial charge in [-0.3, -0.25) is 0 Å². The van der Waals surface area contributed by atoms with Crippen LogP contribution >= 0.6 is 0 Å². The SMILES string of the molecule is COC(=O)c1ccnc(NC(C)Cc2ccccc2)c1. The Balaban J connectivity index is 2.01. The highest BCUT2D eigenvalue weighted by Crippen LogP contribution is 2.11. The summed E-state index contributed by atoms with van der Waals surface area (Å²) >= 11 is 0. The number of rotatable bonds is 5. The first-order chi connectivity index (χ1) is 9.69. The highest BCUT2D eigenvalue weighted by atomic mass is 16.5. The largest absolute Gasteiger partial charge is 0.465 e. The van der Waals surface area contributed by atoms with Gasteiger partial charge in [0.15, 0.2) is 0 Å². The van der Waals surface area contributed by atoms with Gasteiger partial charge in [-0.05, 0) is 31.0 Å². The van der Waals surface area contributed by atoms with E-state index < -0.39 is 0 Å². The summed E-state index contributed by atoms with van der Waals surface area (Å²) in [4.78, 5) is 15.7. The molecule has 1 aromatic carbocycles. The average molecular weight is 270 g/mol. The molecule has 0 spiro atoms. The molecule has 4 heteroatoms. The van der Waals surface area contributed by atoms with Gasteiger partial charge in [0.1, 0.15) is 5.82 Å². The van der Waals surface area contributed by atoms with Gasteiger partial charge in [0.25, 0.3) is 0 Å². The van der Waals surface area contributed by atoms with Gasteiger partial charge in [-0.1, -0.05) is 30.3 Å². The van der Waals surface area contributed by atoms with Crippen molar-refractivity contribution >= 4 is 11.8 Å². The highest BCUT2D eigenvalue weighted by molar-refractivity contribution is 5.89. The van der Waals surface area contributed by atoms with Crippen LogP contribution in [-0.2, 0) is 11.2 Å². The van der Waals surface area contributed by atoms with E-state index in [-0.39, 0.29) is 12.0 Å². The van der Waals surface area contributed by atoms with Crippen molar-refractivity contribution < 1.29 is 9.53 Å². The van der Waals surface area contributed by atoms with E-state index in [2.05, 4.69) is 29.4 Å². The van der Waals surface area contributed by atoms with Crippen molar-refractivity contribution in [2.24, 2.45) is 0 Å². The molecular weight excluding hydrogens is 252 g/mol. The van der Waals surface area contributed by atoms with Crippen LogP contribution in [0.2, 0.25) is 0 Å². The van der Waals surface area contributed by atoms with Crippen molar-refractivity contribution in [1.29, 1.82) is 0 Å². The third kappa shape index (κ3) is 3.82. The number of nitrogens with zero attached hydrogens (tertiary/aromatic N) is 1. The number of carbonyl (C=O) groups excluding carboxylic acids is 1. The zero-order valence-electron chi connectivity index (χ0n) is 11.7. The van der Waals surface area contributed by atoms with Gasteiger partial charge in [-0.15, -0.1) is 0 Å². The van der Waals surface area contributed by atoms with Crippen LogP contribution < -0.4 is 5.32 Å². The Morgan fingerprint density at radius 3 is 2.75 bits per heavy atom. The summed E-state index contributed by atoms with van der Waals surface area (Å²) in [5, 5.41) is 3.29. The first-order valence-corrected chi connectivity index (χ1v) is 6.54. The van der Waals surface area contributed by atoms with Crippen molar-refractivity contribution in [3.8, 4) is 0 Å². The maximum Gasteiger partial charge on any atom is 0.338 e. The molecule has 0 saturated heterocycles. The van der Waals surface area contributed by atoms with Crippen LogP contribution in [0.1, 0.15) is 22.8 Å². The molecule has 0 fully saturated rings. The molecule has 104 valence electrons. The van der Waals surface area contributed by atoms with E-state index >= 15 is 0 Å².